The van der Waals surface area contributed by atoms with E-state index in [1.165, 1.54) is 16.9 Å². The van der Waals surface area contributed by atoms with Crippen LogP contribution in [0, 0.1) is 0 Å². The van der Waals surface area contributed by atoms with Crippen LogP contribution in [0.15, 0.2) is 60.2 Å². The van der Waals surface area contributed by atoms with Gasteiger partial charge in [-0.05, 0) is 34.7 Å². The molecule has 3 heterocycles. The van der Waals surface area contributed by atoms with E-state index in [2.05, 4.69) is 22.4 Å². The third-order valence-electron chi connectivity index (χ3n) is 4.06. The first-order chi connectivity index (χ1) is 11.8. The van der Waals surface area contributed by atoms with Crippen LogP contribution in [0.5, 0.6) is 5.75 Å². The van der Waals surface area contributed by atoms with E-state index in [9.17, 15) is 4.79 Å². The first-order valence-corrected chi connectivity index (χ1v) is 8.70. The van der Waals surface area contributed by atoms with Crippen LogP contribution in [0.2, 0.25) is 0 Å². The quantitative estimate of drug-likeness (QED) is 0.793. The lowest BCUT2D eigenvalue weighted by Gasteiger charge is -2.13. The number of ether oxygens (including phenoxy) is 1. The average Bonchev–Trinajstić information content (AvgIpc) is 3.29. The zero-order valence-electron chi connectivity index (χ0n) is 12.9. The molecule has 0 radical (unpaired) electrons. The van der Waals surface area contributed by atoms with E-state index in [0.29, 0.717) is 6.54 Å². The van der Waals surface area contributed by atoms with Gasteiger partial charge in [-0.1, -0.05) is 24.3 Å². The maximum Gasteiger partial charge on any atom is 0.261 e. The summed E-state index contributed by atoms with van der Waals surface area (Å²) in [4.78, 5) is 16.9. The Kier molecular flexibility index (Phi) is 4.01. The highest BCUT2D eigenvalue weighted by atomic mass is 32.1. The van der Waals surface area contributed by atoms with Crippen molar-refractivity contribution in [2.45, 2.75) is 12.5 Å². The molecule has 1 aliphatic heterocycles. The Bertz CT molecular complexity index is 847. The lowest BCUT2D eigenvalue weighted by atomic mass is 10.0. The standard InChI is InChI=1S/C19H16N2O2S/c22-19(17-5-2-10-24-17)21-12-15-11-14-3-1-4-16(18(14)23-15)13-6-8-20-9-7-13/h1-10,15H,11-12H2,(H,21,22)/t15-/m1/s1. The van der Waals surface area contributed by atoms with Crippen LogP contribution in [-0.4, -0.2) is 23.5 Å². The number of nitrogens with zero attached hydrogens (tertiary/aromatic N) is 1. The summed E-state index contributed by atoms with van der Waals surface area (Å²) in [6.45, 7) is 0.501. The van der Waals surface area contributed by atoms with E-state index in [0.717, 1.165) is 28.2 Å². The largest absolute Gasteiger partial charge is 0.487 e. The number of amides is 1. The van der Waals surface area contributed by atoms with E-state index in [-0.39, 0.29) is 12.0 Å². The van der Waals surface area contributed by atoms with Gasteiger partial charge in [-0.3, -0.25) is 9.78 Å². The molecule has 5 heteroatoms. The van der Waals surface area contributed by atoms with Gasteiger partial charge in [0, 0.05) is 24.4 Å². The van der Waals surface area contributed by atoms with Crippen molar-refractivity contribution in [1.29, 1.82) is 0 Å². The van der Waals surface area contributed by atoms with Gasteiger partial charge in [0.15, 0.2) is 0 Å². The van der Waals surface area contributed by atoms with Crippen LogP contribution >= 0.6 is 11.3 Å². The molecule has 0 saturated carbocycles. The van der Waals surface area contributed by atoms with Crippen molar-refractivity contribution < 1.29 is 9.53 Å². The van der Waals surface area contributed by atoms with Gasteiger partial charge >= 0.3 is 0 Å². The summed E-state index contributed by atoms with van der Waals surface area (Å²) < 4.78 is 6.13. The number of pyridine rings is 1. The number of aromatic nitrogens is 1. The van der Waals surface area contributed by atoms with Crippen molar-refractivity contribution in [2.75, 3.05) is 6.54 Å². The topological polar surface area (TPSA) is 51.2 Å². The van der Waals surface area contributed by atoms with Gasteiger partial charge in [0.25, 0.3) is 5.91 Å². The fourth-order valence-electron chi connectivity index (χ4n) is 2.91. The van der Waals surface area contributed by atoms with E-state index in [1.807, 2.05) is 35.7 Å². The minimum absolute atomic E-state index is 0.0353. The molecule has 3 aromatic rings. The predicted octanol–water partition coefficient (Wildman–Crippen LogP) is 3.54. The second kappa shape index (κ2) is 6.45. The number of hydrogen-bond donors (Lipinski definition) is 1. The van der Waals surface area contributed by atoms with Crippen LogP contribution in [0.3, 0.4) is 0 Å². The van der Waals surface area contributed by atoms with Crippen molar-refractivity contribution in [3.8, 4) is 16.9 Å². The zero-order chi connectivity index (χ0) is 16.4. The van der Waals surface area contributed by atoms with Crippen LogP contribution in [0.1, 0.15) is 15.2 Å². The first-order valence-electron chi connectivity index (χ1n) is 7.82. The molecule has 0 fully saturated rings. The zero-order valence-corrected chi connectivity index (χ0v) is 13.8. The number of carbonyl (C=O) groups excluding carboxylic acids is 1. The molecule has 0 spiro atoms. The number of rotatable bonds is 4. The Morgan fingerprint density at radius 2 is 2.08 bits per heavy atom. The molecule has 1 aromatic carbocycles. The summed E-state index contributed by atoms with van der Waals surface area (Å²) in [6.07, 6.45) is 4.33. The number of thiophene rings is 1. The van der Waals surface area contributed by atoms with E-state index < -0.39 is 0 Å². The van der Waals surface area contributed by atoms with Gasteiger partial charge in [0.05, 0.1) is 11.4 Å². The van der Waals surface area contributed by atoms with Gasteiger partial charge in [-0.2, -0.15) is 0 Å². The molecule has 0 unspecified atom stereocenters. The lowest BCUT2D eigenvalue weighted by Crippen LogP contribution is -2.34. The van der Waals surface area contributed by atoms with Gasteiger partial charge < -0.3 is 10.1 Å². The SMILES string of the molecule is O=C(NC[C@H]1Cc2cccc(-c3ccncc3)c2O1)c1cccs1. The highest BCUT2D eigenvalue weighted by molar-refractivity contribution is 7.12. The molecule has 1 atom stereocenters. The highest BCUT2D eigenvalue weighted by Crippen LogP contribution is 2.38. The molecular formula is C19H16N2O2S. The van der Waals surface area contributed by atoms with Crippen molar-refractivity contribution in [2.24, 2.45) is 0 Å². The Morgan fingerprint density at radius 3 is 2.88 bits per heavy atom. The molecule has 1 aliphatic rings. The van der Waals surface area contributed by atoms with Gasteiger partial charge in [0.1, 0.15) is 11.9 Å². The highest BCUT2D eigenvalue weighted by Gasteiger charge is 2.26. The fraction of sp³-hybridized carbons (Fsp3) is 0.158. The molecule has 0 bridgehead atoms. The predicted molar refractivity (Wildman–Crippen MR) is 94.4 cm³/mol. The Labute approximate surface area is 144 Å². The van der Waals surface area contributed by atoms with Crippen molar-refractivity contribution in [3.63, 3.8) is 0 Å². The smallest absolute Gasteiger partial charge is 0.261 e. The second-order valence-corrected chi connectivity index (χ2v) is 6.61. The molecular weight excluding hydrogens is 320 g/mol. The van der Waals surface area contributed by atoms with Gasteiger partial charge in [-0.15, -0.1) is 11.3 Å². The monoisotopic (exact) mass is 336 g/mol. The van der Waals surface area contributed by atoms with Crippen LogP contribution in [-0.2, 0) is 6.42 Å². The summed E-state index contributed by atoms with van der Waals surface area (Å²) in [5.74, 6) is 0.873. The van der Waals surface area contributed by atoms with Crippen LogP contribution in [0.4, 0.5) is 0 Å². The van der Waals surface area contributed by atoms with Crippen molar-refractivity contribution >= 4 is 17.2 Å². The molecule has 4 nitrogen and oxygen atoms in total. The third kappa shape index (κ3) is 2.90. The minimum atomic E-state index is -0.0427. The number of nitrogens with one attached hydrogen (secondary N) is 1. The fourth-order valence-corrected chi connectivity index (χ4v) is 3.55. The number of benzene rings is 1. The minimum Gasteiger partial charge on any atom is -0.487 e. The molecule has 1 amide bonds. The Morgan fingerprint density at radius 1 is 1.21 bits per heavy atom. The summed E-state index contributed by atoms with van der Waals surface area (Å²) in [6, 6.07) is 13.8. The van der Waals surface area contributed by atoms with Gasteiger partial charge in [0.2, 0.25) is 0 Å². The first kappa shape index (κ1) is 14.9. The van der Waals surface area contributed by atoms with E-state index in [1.54, 1.807) is 12.4 Å². The van der Waals surface area contributed by atoms with E-state index in [4.69, 9.17) is 4.74 Å². The maximum atomic E-state index is 12.1. The number of hydrogen-bond acceptors (Lipinski definition) is 4. The molecule has 0 aliphatic carbocycles. The normalized spacial score (nSPS) is 15.6. The molecule has 120 valence electrons. The second-order valence-electron chi connectivity index (χ2n) is 5.66. The number of carbonyl (C=O) groups is 1. The lowest BCUT2D eigenvalue weighted by molar-refractivity contribution is 0.0937. The summed E-state index contributed by atoms with van der Waals surface area (Å²) >= 11 is 1.44. The average molecular weight is 336 g/mol. The van der Waals surface area contributed by atoms with Crippen LogP contribution < -0.4 is 10.1 Å². The molecule has 0 saturated heterocycles. The third-order valence-corrected chi connectivity index (χ3v) is 4.92. The van der Waals surface area contributed by atoms with Crippen LogP contribution in [0.25, 0.3) is 11.1 Å². The van der Waals surface area contributed by atoms with Crippen molar-refractivity contribution in [3.05, 3.63) is 70.7 Å². The molecule has 4 rings (SSSR count). The summed E-state index contributed by atoms with van der Waals surface area (Å²) in [5, 5.41) is 4.86. The Balaban J connectivity index is 1.47. The number of fused-ring (bicyclic) bond motifs is 1. The van der Waals surface area contributed by atoms with Gasteiger partial charge in [-0.25, -0.2) is 0 Å². The summed E-state index contributed by atoms with van der Waals surface area (Å²) in [7, 11) is 0. The number of para-hydroxylation sites is 1. The van der Waals surface area contributed by atoms with Crippen molar-refractivity contribution in [1.82, 2.24) is 10.3 Å². The summed E-state index contributed by atoms with van der Waals surface area (Å²) in [5.41, 5.74) is 3.34. The van der Waals surface area contributed by atoms with E-state index >= 15 is 0 Å². The maximum absolute atomic E-state index is 12.1. The molecule has 1 N–H and O–H groups in total. The molecule has 24 heavy (non-hydrogen) atoms. The Hall–Kier alpha value is -2.66. The molecule has 2 aromatic heterocycles.